The standard InChI is InChI=1S/C16H18N4O4S/c1-8-13(15(23)24-3)25-16(17-8)19-12(21)7-20-9(2)18-11-6-4-5-10(11)14(20)22/h4-7H2,1-3H3,(H,17,19,21). The number of carbonyl (C=O) groups excluding carboxylic acids is 2. The number of anilines is 1. The monoisotopic (exact) mass is 362 g/mol. The number of esters is 1. The maximum atomic E-state index is 12.5. The molecule has 0 spiro atoms. The SMILES string of the molecule is COC(=O)c1sc(NC(=O)Cn2c(C)nc3c(c2=O)CCC3)nc1C. The Kier molecular flexibility index (Phi) is 4.67. The average Bonchev–Trinajstić information content (AvgIpc) is 3.17. The van der Waals surface area contributed by atoms with Crippen LogP contribution in [-0.4, -0.2) is 33.5 Å². The lowest BCUT2D eigenvalue weighted by molar-refractivity contribution is -0.116. The molecular formula is C16H18N4O4S. The molecule has 1 aliphatic carbocycles. The van der Waals surface area contributed by atoms with Crippen LogP contribution in [0.1, 0.15) is 38.9 Å². The summed E-state index contributed by atoms with van der Waals surface area (Å²) in [6.45, 7) is 3.24. The molecule has 0 saturated carbocycles. The van der Waals surface area contributed by atoms with Crippen LogP contribution in [0.5, 0.6) is 0 Å². The van der Waals surface area contributed by atoms with E-state index in [1.807, 2.05) is 0 Å². The van der Waals surface area contributed by atoms with Crippen LogP contribution in [0.25, 0.3) is 0 Å². The molecule has 0 atom stereocenters. The number of fused-ring (bicyclic) bond motifs is 1. The highest BCUT2D eigenvalue weighted by molar-refractivity contribution is 7.17. The second-order valence-electron chi connectivity index (χ2n) is 5.80. The molecule has 0 saturated heterocycles. The van der Waals surface area contributed by atoms with Crippen molar-refractivity contribution in [3.63, 3.8) is 0 Å². The van der Waals surface area contributed by atoms with E-state index in [1.165, 1.54) is 11.7 Å². The highest BCUT2D eigenvalue weighted by Crippen LogP contribution is 2.23. The number of carbonyl (C=O) groups is 2. The van der Waals surface area contributed by atoms with Gasteiger partial charge in [-0.25, -0.2) is 14.8 Å². The number of rotatable bonds is 4. The molecule has 0 radical (unpaired) electrons. The number of methoxy groups -OCH3 is 1. The Labute approximate surface area is 147 Å². The summed E-state index contributed by atoms with van der Waals surface area (Å²) in [7, 11) is 1.29. The first-order chi connectivity index (χ1) is 11.9. The van der Waals surface area contributed by atoms with Gasteiger partial charge in [-0.3, -0.25) is 14.2 Å². The first kappa shape index (κ1) is 17.3. The smallest absolute Gasteiger partial charge is 0.350 e. The minimum atomic E-state index is -0.495. The molecular weight excluding hydrogens is 344 g/mol. The van der Waals surface area contributed by atoms with Crippen molar-refractivity contribution in [2.24, 2.45) is 0 Å². The second-order valence-corrected chi connectivity index (χ2v) is 6.80. The minimum Gasteiger partial charge on any atom is -0.465 e. The van der Waals surface area contributed by atoms with Gasteiger partial charge in [-0.15, -0.1) is 0 Å². The molecule has 1 aliphatic rings. The zero-order valence-corrected chi connectivity index (χ0v) is 15.0. The van der Waals surface area contributed by atoms with E-state index in [4.69, 9.17) is 0 Å². The van der Waals surface area contributed by atoms with Crippen LogP contribution >= 0.6 is 11.3 Å². The Morgan fingerprint density at radius 3 is 2.76 bits per heavy atom. The van der Waals surface area contributed by atoms with E-state index in [1.54, 1.807) is 13.8 Å². The second kappa shape index (κ2) is 6.75. The zero-order chi connectivity index (χ0) is 18.1. The number of nitrogens with one attached hydrogen (secondary N) is 1. The van der Waals surface area contributed by atoms with E-state index in [0.717, 1.165) is 29.9 Å². The predicted octanol–water partition coefficient (Wildman–Crippen LogP) is 1.23. The number of aromatic nitrogens is 3. The highest BCUT2D eigenvalue weighted by atomic mass is 32.1. The van der Waals surface area contributed by atoms with Gasteiger partial charge in [0.2, 0.25) is 5.91 Å². The third-order valence-corrected chi connectivity index (χ3v) is 5.15. The normalized spacial score (nSPS) is 12.8. The van der Waals surface area contributed by atoms with Gasteiger partial charge in [0, 0.05) is 5.56 Å². The quantitative estimate of drug-likeness (QED) is 0.821. The fourth-order valence-corrected chi connectivity index (χ4v) is 3.77. The molecule has 1 amide bonds. The number of ether oxygens (including phenoxy) is 1. The molecule has 9 heteroatoms. The van der Waals surface area contributed by atoms with E-state index in [-0.39, 0.29) is 12.1 Å². The van der Waals surface area contributed by atoms with Gasteiger partial charge in [0.15, 0.2) is 5.13 Å². The Morgan fingerprint density at radius 2 is 2.04 bits per heavy atom. The first-order valence-electron chi connectivity index (χ1n) is 7.85. The maximum absolute atomic E-state index is 12.5. The van der Waals surface area contributed by atoms with Crippen LogP contribution in [0.3, 0.4) is 0 Å². The molecule has 0 aromatic carbocycles. The molecule has 2 aromatic rings. The first-order valence-corrected chi connectivity index (χ1v) is 8.67. The maximum Gasteiger partial charge on any atom is 0.350 e. The van der Waals surface area contributed by atoms with Crippen molar-refractivity contribution in [1.29, 1.82) is 0 Å². The van der Waals surface area contributed by atoms with Crippen LogP contribution in [-0.2, 0) is 28.9 Å². The van der Waals surface area contributed by atoms with Crippen LogP contribution < -0.4 is 10.9 Å². The summed E-state index contributed by atoms with van der Waals surface area (Å²) < 4.78 is 6.05. The third-order valence-electron chi connectivity index (χ3n) is 4.09. The van der Waals surface area contributed by atoms with Gasteiger partial charge in [-0.1, -0.05) is 11.3 Å². The summed E-state index contributed by atoms with van der Waals surface area (Å²) in [4.78, 5) is 45.3. The summed E-state index contributed by atoms with van der Waals surface area (Å²) in [5.74, 6) is -0.369. The molecule has 0 fully saturated rings. The van der Waals surface area contributed by atoms with Crippen molar-refractivity contribution in [3.05, 3.63) is 38.0 Å². The van der Waals surface area contributed by atoms with Crippen molar-refractivity contribution in [2.45, 2.75) is 39.7 Å². The Balaban J connectivity index is 1.78. The average molecular weight is 362 g/mol. The Hall–Kier alpha value is -2.55. The molecule has 2 aromatic heterocycles. The van der Waals surface area contributed by atoms with Gasteiger partial charge in [0.1, 0.15) is 17.2 Å². The lowest BCUT2D eigenvalue weighted by Gasteiger charge is -2.11. The van der Waals surface area contributed by atoms with Crippen molar-refractivity contribution in [2.75, 3.05) is 12.4 Å². The molecule has 0 aliphatic heterocycles. The molecule has 132 valence electrons. The van der Waals surface area contributed by atoms with E-state index in [9.17, 15) is 14.4 Å². The highest BCUT2D eigenvalue weighted by Gasteiger charge is 2.21. The van der Waals surface area contributed by atoms with Crippen molar-refractivity contribution >= 4 is 28.3 Å². The molecule has 1 N–H and O–H groups in total. The largest absolute Gasteiger partial charge is 0.465 e. The van der Waals surface area contributed by atoms with Gasteiger partial charge in [0.05, 0.1) is 18.5 Å². The van der Waals surface area contributed by atoms with Gasteiger partial charge in [0.25, 0.3) is 5.56 Å². The van der Waals surface area contributed by atoms with Gasteiger partial charge < -0.3 is 10.1 Å². The molecule has 0 unspecified atom stereocenters. The van der Waals surface area contributed by atoms with Gasteiger partial charge in [-0.05, 0) is 33.1 Å². The number of thiazole rings is 1. The number of hydrogen-bond donors (Lipinski definition) is 1. The summed E-state index contributed by atoms with van der Waals surface area (Å²) in [5, 5.41) is 2.92. The van der Waals surface area contributed by atoms with Gasteiger partial charge >= 0.3 is 5.97 Å². The summed E-state index contributed by atoms with van der Waals surface area (Å²) in [5.41, 5.74) is 1.88. The van der Waals surface area contributed by atoms with E-state index in [0.29, 0.717) is 33.5 Å². The molecule has 0 bridgehead atoms. The van der Waals surface area contributed by atoms with Crippen LogP contribution in [0.2, 0.25) is 0 Å². The van der Waals surface area contributed by atoms with Crippen molar-refractivity contribution in [1.82, 2.24) is 14.5 Å². The van der Waals surface area contributed by atoms with Crippen LogP contribution in [0, 0.1) is 13.8 Å². The van der Waals surface area contributed by atoms with Crippen LogP contribution in [0.15, 0.2) is 4.79 Å². The van der Waals surface area contributed by atoms with E-state index < -0.39 is 11.9 Å². The lowest BCUT2D eigenvalue weighted by Crippen LogP contribution is -2.32. The predicted molar refractivity (Wildman–Crippen MR) is 92.1 cm³/mol. The summed E-state index contributed by atoms with van der Waals surface area (Å²) in [6.07, 6.45) is 2.44. The van der Waals surface area contributed by atoms with Gasteiger partial charge in [-0.2, -0.15) is 0 Å². The number of nitrogens with zero attached hydrogens (tertiary/aromatic N) is 3. The minimum absolute atomic E-state index is 0.142. The summed E-state index contributed by atoms with van der Waals surface area (Å²) >= 11 is 1.04. The lowest BCUT2D eigenvalue weighted by atomic mass is 10.2. The molecule has 8 nitrogen and oxygen atoms in total. The van der Waals surface area contributed by atoms with E-state index >= 15 is 0 Å². The number of hydrogen-bond acceptors (Lipinski definition) is 7. The summed E-state index contributed by atoms with van der Waals surface area (Å²) in [6, 6.07) is 0. The van der Waals surface area contributed by atoms with E-state index in [2.05, 4.69) is 20.0 Å². The topological polar surface area (TPSA) is 103 Å². The number of amides is 1. The Morgan fingerprint density at radius 1 is 1.28 bits per heavy atom. The fraction of sp³-hybridized carbons (Fsp3) is 0.438. The Bertz CT molecular complexity index is 916. The van der Waals surface area contributed by atoms with Crippen LogP contribution in [0.4, 0.5) is 5.13 Å². The molecule has 25 heavy (non-hydrogen) atoms. The van der Waals surface area contributed by atoms with Crippen molar-refractivity contribution in [3.8, 4) is 0 Å². The molecule has 3 rings (SSSR count). The van der Waals surface area contributed by atoms with Crippen molar-refractivity contribution < 1.29 is 14.3 Å². The molecule has 2 heterocycles. The third kappa shape index (κ3) is 3.32. The zero-order valence-electron chi connectivity index (χ0n) is 14.2. The number of aryl methyl sites for hydroxylation is 3. The fourth-order valence-electron chi connectivity index (χ4n) is 2.87.